The van der Waals surface area contributed by atoms with E-state index in [2.05, 4.69) is 28.6 Å². The van der Waals surface area contributed by atoms with Gasteiger partial charge in [0, 0.05) is 18.5 Å². The minimum atomic E-state index is 0.559. The summed E-state index contributed by atoms with van der Waals surface area (Å²) in [5.41, 5.74) is 3.16. The lowest BCUT2D eigenvalue weighted by atomic mass is 10.2. The van der Waals surface area contributed by atoms with Crippen molar-refractivity contribution < 1.29 is 4.74 Å². The summed E-state index contributed by atoms with van der Waals surface area (Å²) in [6.45, 7) is 6.46. The summed E-state index contributed by atoms with van der Waals surface area (Å²) in [5.74, 6) is 0.999. The summed E-state index contributed by atoms with van der Waals surface area (Å²) in [6, 6.07) is 8.26. The first-order chi connectivity index (χ1) is 10.3. The molecule has 0 bridgehead atoms. The summed E-state index contributed by atoms with van der Waals surface area (Å²) in [4.78, 5) is 9.24. The summed E-state index contributed by atoms with van der Waals surface area (Å²) in [6.07, 6.45) is 4.17. The van der Waals surface area contributed by atoms with Crippen molar-refractivity contribution in [1.29, 1.82) is 0 Å². The Bertz CT molecular complexity index is 748. The first-order valence-corrected chi connectivity index (χ1v) is 7.65. The molecule has 2 aromatic heterocycles. The van der Waals surface area contributed by atoms with Crippen LogP contribution in [-0.4, -0.2) is 21.1 Å². The number of fused-ring (bicyclic) bond motifs is 3. The van der Waals surface area contributed by atoms with Crippen molar-refractivity contribution >= 4 is 21.9 Å². The van der Waals surface area contributed by atoms with Gasteiger partial charge < -0.3 is 9.30 Å². The Labute approximate surface area is 124 Å². The highest BCUT2D eigenvalue weighted by atomic mass is 16.5. The molecule has 21 heavy (non-hydrogen) atoms. The number of aromatic nitrogens is 3. The lowest BCUT2D eigenvalue weighted by Crippen LogP contribution is -2.06. The lowest BCUT2D eigenvalue weighted by Gasteiger charge is -2.09. The smallest absolute Gasteiger partial charge is 0.136 e. The number of hydrogen-bond donors (Lipinski definition) is 0. The second kappa shape index (κ2) is 6.22. The van der Waals surface area contributed by atoms with Gasteiger partial charge in [-0.3, -0.25) is 4.98 Å². The molecule has 0 spiro atoms. The van der Waals surface area contributed by atoms with Crippen molar-refractivity contribution in [3.63, 3.8) is 0 Å². The number of aryl methyl sites for hydroxylation is 1. The van der Waals surface area contributed by atoms with Crippen LogP contribution in [0.5, 0.6) is 0 Å². The molecule has 0 saturated heterocycles. The highest BCUT2D eigenvalue weighted by Gasteiger charge is 2.13. The van der Waals surface area contributed by atoms with Gasteiger partial charge in [-0.25, -0.2) is 4.98 Å². The van der Waals surface area contributed by atoms with Crippen LogP contribution in [0.3, 0.4) is 0 Å². The Balaban J connectivity index is 2.20. The van der Waals surface area contributed by atoms with E-state index in [0.717, 1.165) is 36.2 Å². The van der Waals surface area contributed by atoms with Crippen LogP contribution in [0.15, 0.2) is 30.5 Å². The third-order valence-electron chi connectivity index (χ3n) is 3.73. The molecule has 0 fully saturated rings. The number of ether oxygens (including phenoxy) is 1. The molecule has 1 aromatic carbocycles. The number of imidazole rings is 1. The molecule has 3 rings (SSSR count). The van der Waals surface area contributed by atoms with Crippen molar-refractivity contribution in [2.45, 2.75) is 39.8 Å². The maximum atomic E-state index is 5.58. The number of pyridine rings is 1. The first-order valence-electron chi connectivity index (χ1n) is 7.65. The molecule has 4 nitrogen and oxygen atoms in total. The molecule has 110 valence electrons. The lowest BCUT2D eigenvalue weighted by molar-refractivity contribution is 0.126. The summed E-state index contributed by atoms with van der Waals surface area (Å²) >= 11 is 0. The van der Waals surface area contributed by atoms with Crippen LogP contribution in [0, 0.1) is 0 Å². The maximum absolute atomic E-state index is 5.58. The van der Waals surface area contributed by atoms with Crippen LogP contribution in [0.1, 0.15) is 32.5 Å². The number of unbranched alkanes of at least 4 members (excludes halogenated alkanes) is 1. The molecular formula is C17H21N3O. The van der Waals surface area contributed by atoms with E-state index in [1.807, 2.05) is 25.3 Å². The predicted molar refractivity (Wildman–Crippen MR) is 85.3 cm³/mol. The second-order valence-electron chi connectivity index (χ2n) is 5.18. The van der Waals surface area contributed by atoms with Crippen molar-refractivity contribution in [2.75, 3.05) is 6.61 Å². The fourth-order valence-corrected chi connectivity index (χ4v) is 2.67. The fraction of sp³-hybridized carbons (Fsp3) is 0.412. The van der Waals surface area contributed by atoms with Crippen LogP contribution >= 0.6 is 0 Å². The monoisotopic (exact) mass is 283 g/mol. The Hall–Kier alpha value is -1.94. The standard InChI is InChI=1S/C17H21N3O/c1-3-5-10-20-16(12-21-4-2)19-15-11-18-14-9-7-6-8-13(14)17(15)20/h6-9,11H,3-5,10,12H2,1-2H3. The molecule has 3 aromatic rings. The van der Waals surface area contributed by atoms with E-state index >= 15 is 0 Å². The molecule has 0 radical (unpaired) electrons. The van der Waals surface area contributed by atoms with E-state index in [9.17, 15) is 0 Å². The molecule has 4 heteroatoms. The van der Waals surface area contributed by atoms with E-state index in [0.29, 0.717) is 13.2 Å². The fourth-order valence-electron chi connectivity index (χ4n) is 2.67. The highest BCUT2D eigenvalue weighted by molar-refractivity contribution is 6.02. The zero-order valence-electron chi connectivity index (χ0n) is 12.7. The van der Waals surface area contributed by atoms with Crippen molar-refractivity contribution in [2.24, 2.45) is 0 Å². The average molecular weight is 283 g/mol. The average Bonchev–Trinajstić information content (AvgIpc) is 2.88. The van der Waals surface area contributed by atoms with Crippen LogP contribution in [0.25, 0.3) is 21.9 Å². The molecule has 0 aliphatic carbocycles. The predicted octanol–water partition coefficient (Wildman–Crippen LogP) is 3.92. The normalized spacial score (nSPS) is 11.5. The Morgan fingerprint density at radius 3 is 2.81 bits per heavy atom. The van der Waals surface area contributed by atoms with Crippen molar-refractivity contribution in [3.05, 3.63) is 36.3 Å². The van der Waals surface area contributed by atoms with Gasteiger partial charge >= 0.3 is 0 Å². The van der Waals surface area contributed by atoms with E-state index in [-0.39, 0.29) is 0 Å². The SMILES string of the molecule is CCCCn1c(COCC)nc2cnc3ccccc3c21. The van der Waals surface area contributed by atoms with Gasteiger partial charge in [-0.05, 0) is 19.4 Å². The number of hydrogen-bond acceptors (Lipinski definition) is 3. The van der Waals surface area contributed by atoms with Crippen LogP contribution in [0.2, 0.25) is 0 Å². The molecule has 2 heterocycles. The number of benzene rings is 1. The van der Waals surface area contributed by atoms with E-state index < -0.39 is 0 Å². The number of nitrogens with zero attached hydrogens (tertiary/aromatic N) is 3. The molecule has 0 unspecified atom stereocenters. The third kappa shape index (κ3) is 2.63. The van der Waals surface area contributed by atoms with Gasteiger partial charge in [0.25, 0.3) is 0 Å². The molecule has 0 aliphatic heterocycles. The van der Waals surface area contributed by atoms with Crippen LogP contribution in [-0.2, 0) is 17.9 Å². The van der Waals surface area contributed by atoms with Crippen molar-refractivity contribution in [1.82, 2.24) is 14.5 Å². The quantitative estimate of drug-likeness (QED) is 0.688. The molecule has 0 amide bonds. The summed E-state index contributed by atoms with van der Waals surface area (Å²) in [5, 5.41) is 1.17. The van der Waals surface area contributed by atoms with Gasteiger partial charge in [0.15, 0.2) is 0 Å². The van der Waals surface area contributed by atoms with Crippen LogP contribution in [0.4, 0.5) is 0 Å². The first kappa shape index (κ1) is 14.0. The zero-order chi connectivity index (χ0) is 14.7. The molecular weight excluding hydrogens is 262 g/mol. The van der Waals surface area contributed by atoms with Gasteiger partial charge in [0.1, 0.15) is 17.9 Å². The van der Waals surface area contributed by atoms with E-state index in [1.165, 1.54) is 10.9 Å². The van der Waals surface area contributed by atoms with Gasteiger partial charge in [-0.2, -0.15) is 0 Å². The van der Waals surface area contributed by atoms with Gasteiger partial charge in [-0.15, -0.1) is 0 Å². The Kier molecular flexibility index (Phi) is 4.15. The third-order valence-corrected chi connectivity index (χ3v) is 3.73. The summed E-state index contributed by atoms with van der Waals surface area (Å²) < 4.78 is 7.88. The topological polar surface area (TPSA) is 39.9 Å². The molecule has 0 aliphatic rings. The maximum Gasteiger partial charge on any atom is 0.136 e. The van der Waals surface area contributed by atoms with Gasteiger partial charge in [-0.1, -0.05) is 31.5 Å². The minimum absolute atomic E-state index is 0.559. The number of rotatable bonds is 6. The van der Waals surface area contributed by atoms with Crippen molar-refractivity contribution in [3.8, 4) is 0 Å². The minimum Gasteiger partial charge on any atom is -0.374 e. The highest BCUT2D eigenvalue weighted by Crippen LogP contribution is 2.25. The second-order valence-corrected chi connectivity index (χ2v) is 5.18. The molecule has 0 saturated carbocycles. The Morgan fingerprint density at radius 2 is 2.00 bits per heavy atom. The van der Waals surface area contributed by atoms with E-state index in [1.54, 1.807) is 0 Å². The summed E-state index contributed by atoms with van der Waals surface area (Å²) in [7, 11) is 0. The zero-order valence-corrected chi connectivity index (χ0v) is 12.7. The molecule has 0 N–H and O–H groups in total. The van der Waals surface area contributed by atoms with Gasteiger partial charge in [0.2, 0.25) is 0 Å². The van der Waals surface area contributed by atoms with Crippen LogP contribution < -0.4 is 0 Å². The number of para-hydroxylation sites is 1. The Morgan fingerprint density at radius 1 is 1.14 bits per heavy atom. The molecule has 0 atom stereocenters. The van der Waals surface area contributed by atoms with Gasteiger partial charge in [0.05, 0.1) is 17.2 Å². The van der Waals surface area contributed by atoms with E-state index in [4.69, 9.17) is 9.72 Å². The largest absolute Gasteiger partial charge is 0.374 e.